The van der Waals surface area contributed by atoms with E-state index in [0.29, 0.717) is 5.69 Å². The van der Waals surface area contributed by atoms with Crippen LogP contribution < -0.4 is 0 Å². The molecule has 76 valence electrons. The topological polar surface area (TPSA) is 79.6 Å². The lowest BCUT2D eigenvalue weighted by Crippen LogP contribution is -2.28. The third kappa shape index (κ3) is 1.61. The minimum absolute atomic E-state index is 0.0115. The molecule has 0 saturated heterocycles. The van der Waals surface area contributed by atoms with Crippen molar-refractivity contribution >= 4 is 35.3 Å². The lowest BCUT2D eigenvalue weighted by Gasteiger charge is -2.12. The first kappa shape index (κ1) is 9.79. The Morgan fingerprint density at radius 1 is 1.47 bits per heavy atom. The van der Waals surface area contributed by atoms with Crippen molar-refractivity contribution in [2.24, 2.45) is 10.9 Å². The summed E-state index contributed by atoms with van der Waals surface area (Å²) in [5.74, 6) is -3.09. The molecule has 0 radical (unpaired) electrons. The second-order valence-corrected chi connectivity index (χ2v) is 3.35. The largest absolute Gasteiger partial charge is 0.480 e. The van der Waals surface area contributed by atoms with Gasteiger partial charge in [-0.1, -0.05) is 11.6 Å². The zero-order valence-corrected chi connectivity index (χ0v) is 8.10. The van der Waals surface area contributed by atoms with Crippen molar-refractivity contribution in [3.8, 4) is 0 Å². The fourth-order valence-corrected chi connectivity index (χ4v) is 1.41. The molecule has 5 nitrogen and oxygen atoms in total. The fraction of sp³-hybridized carbons (Fsp3) is 0.111. The van der Waals surface area contributed by atoms with E-state index >= 15 is 0 Å². The van der Waals surface area contributed by atoms with Gasteiger partial charge in [-0.3, -0.25) is 14.6 Å². The average Bonchev–Trinajstić information content (AvgIpc) is 2.19. The van der Waals surface area contributed by atoms with E-state index in [1.165, 1.54) is 12.1 Å². The monoisotopic (exact) mass is 224 g/mol. The van der Waals surface area contributed by atoms with Crippen molar-refractivity contribution in [2.75, 3.05) is 0 Å². The highest BCUT2D eigenvalue weighted by molar-refractivity contribution is 6.30. The van der Waals surface area contributed by atoms with Gasteiger partial charge in [-0.15, -0.1) is 0 Å². The number of pyridine rings is 1. The number of carboxylic acid groups (broad SMARTS) is 1. The normalized spacial score (nSPS) is 18.7. The van der Waals surface area contributed by atoms with Gasteiger partial charge in [0.1, 0.15) is 10.8 Å². The Morgan fingerprint density at radius 3 is 2.87 bits per heavy atom. The number of carbonyl (C=O) groups excluding carboxylic acids is 1. The fourth-order valence-electron chi connectivity index (χ4n) is 1.26. The standard InChI is InChI=1S/C9H5ClN2O3/c10-6-2-1-5-7(12-6)8(13)4(3-11-5)9(14)15/h1-4H,(H,14,15). The summed E-state index contributed by atoms with van der Waals surface area (Å²) in [6.07, 6.45) is 1.10. The van der Waals surface area contributed by atoms with Crippen molar-refractivity contribution in [3.63, 3.8) is 0 Å². The van der Waals surface area contributed by atoms with E-state index in [-0.39, 0.29) is 10.8 Å². The molecule has 0 aliphatic carbocycles. The predicted molar refractivity (Wildman–Crippen MR) is 52.9 cm³/mol. The van der Waals surface area contributed by atoms with Gasteiger partial charge in [0.05, 0.1) is 5.69 Å². The van der Waals surface area contributed by atoms with Crippen molar-refractivity contribution in [1.29, 1.82) is 0 Å². The Morgan fingerprint density at radius 2 is 2.20 bits per heavy atom. The van der Waals surface area contributed by atoms with Gasteiger partial charge in [-0.05, 0) is 12.1 Å². The Bertz CT molecular complexity index is 484. The van der Waals surface area contributed by atoms with E-state index in [9.17, 15) is 9.59 Å². The van der Waals surface area contributed by atoms with Crippen LogP contribution in [-0.2, 0) is 4.79 Å². The molecule has 1 aromatic heterocycles. The minimum Gasteiger partial charge on any atom is -0.480 e. The summed E-state index contributed by atoms with van der Waals surface area (Å²) in [5, 5.41) is 8.87. The first-order valence-electron chi connectivity index (χ1n) is 4.07. The van der Waals surface area contributed by atoms with Crippen molar-refractivity contribution in [2.45, 2.75) is 0 Å². The number of halogens is 1. The molecule has 0 amide bonds. The van der Waals surface area contributed by atoms with Gasteiger partial charge in [-0.25, -0.2) is 4.98 Å². The average molecular weight is 225 g/mol. The van der Waals surface area contributed by atoms with E-state index in [1.54, 1.807) is 0 Å². The molecule has 0 bridgehead atoms. The zero-order valence-electron chi connectivity index (χ0n) is 7.35. The van der Waals surface area contributed by atoms with Crippen LogP contribution in [0.15, 0.2) is 17.1 Å². The number of aliphatic carboxylic acids is 1. The second-order valence-electron chi connectivity index (χ2n) is 2.96. The molecule has 0 spiro atoms. The molecule has 6 heteroatoms. The van der Waals surface area contributed by atoms with Crippen LogP contribution in [-0.4, -0.2) is 28.1 Å². The highest BCUT2D eigenvalue weighted by Gasteiger charge is 2.31. The molecule has 0 saturated carbocycles. The lowest BCUT2D eigenvalue weighted by molar-refractivity contribution is -0.137. The van der Waals surface area contributed by atoms with Gasteiger partial charge in [0.15, 0.2) is 5.92 Å². The number of carbonyl (C=O) groups is 2. The first-order valence-corrected chi connectivity index (χ1v) is 4.45. The third-order valence-corrected chi connectivity index (χ3v) is 2.20. The molecule has 1 N–H and O–H groups in total. The molecule has 2 heterocycles. The molecule has 1 unspecified atom stereocenters. The molecular weight excluding hydrogens is 220 g/mol. The number of Topliss-reactive ketones (excluding diaryl/α,β-unsaturated/α-hetero) is 1. The summed E-state index contributed by atoms with van der Waals surface area (Å²) in [6, 6.07) is 3.02. The Kier molecular flexibility index (Phi) is 2.24. The van der Waals surface area contributed by atoms with Crippen molar-refractivity contribution in [3.05, 3.63) is 23.0 Å². The van der Waals surface area contributed by atoms with E-state index in [0.717, 1.165) is 6.21 Å². The van der Waals surface area contributed by atoms with E-state index in [2.05, 4.69) is 9.98 Å². The maximum atomic E-state index is 11.6. The molecule has 2 rings (SSSR count). The summed E-state index contributed by atoms with van der Waals surface area (Å²) in [6.45, 7) is 0. The van der Waals surface area contributed by atoms with Crippen LogP contribution >= 0.6 is 11.6 Å². The van der Waals surface area contributed by atoms with Gasteiger partial charge in [0, 0.05) is 6.21 Å². The number of aromatic nitrogens is 1. The van der Waals surface area contributed by atoms with Gasteiger partial charge >= 0.3 is 5.97 Å². The second kappa shape index (κ2) is 3.43. The highest BCUT2D eigenvalue weighted by Crippen LogP contribution is 2.26. The molecule has 0 aromatic carbocycles. The third-order valence-electron chi connectivity index (χ3n) is 1.98. The van der Waals surface area contributed by atoms with Crippen LogP contribution in [0.2, 0.25) is 5.15 Å². The predicted octanol–water partition coefficient (Wildman–Crippen LogP) is 1.33. The van der Waals surface area contributed by atoms with Crippen LogP contribution in [0.25, 0.3) is 0 Å². The quantitative estimate of drug-likeness (QED) is 0.577. The number of nitrogens with zero attached hydrogens (tertiary/aromatic N) is 2. The molecule has 1 aromatic rings. The molecule has 1 aliphatic heterocycles. The molecule has 1 atom stereocenters. The summed E-state index contributed by atoms with van der Waals surface area (Å²) < 4.78 is 0. The van der Waals surface area contributed by atoms with Crippen LogP contribution in [0.5, 0.6) is 0 Å². The summed E-state index contributed by atoms with van der Waals surface area (Å²) in [7, 11) is 0. The van der Waals surface area contributed by atoms with E-state index < -0.39 is 17.7 Å². The Balaban J connectivity index is 2.53. The minimum atomic E-state index is -1.26. The summed E-state index contributed by atoms with van der Waals surface area (Å²) in [4.78, 5) is 29.9. The van der Waals surface area contributed by atoms with E-state index in [1.807, 2.05) is 0 Å². The van der Waals surface area contributed by atoms with Crippen LogP contribution in [0.1, 0.15) is 10.5 Å². The zero-order chi connectivity index (χ0) is 11.0. The number of aliphatic imine (C=N–C) groups is 1. The number of ketones is 1. The highest BCUT2D eigenvalue weighted by atomic mass is 35.5. The summed E-state index contributed by atoms with van der Waals surface area (Å²) in [5.41, 5.74) is 0.360. The number of fused-ring (bicyclic) bond motifs is 1. The first-order chi connectivity index (χ1) is 7.09. The molecular formula is C9H5ClN2O3. The SMILES string of the molecule is O=C(O)C1C=Nc2ccc(Cl)nc2C1=O. The molecule has 0 fully saturated rings. The van der Waals surface area contributed by atoms with Crippen LogP contribution in [0.3, 0.4) is 0 Å². The number of carboxylic acids is 1. The van der Waals surface area contributed by atoms with Gasteiger partial charge < -0.3 is 5.11 Å². The number of hydrogen-bond donors (Lipinski definition) is 1. The smallest absolute Gasteiger partial charge is 0.320 e. The Hall–Kier alpha value is -1.75. The molecule has 15 heavy (non-hydrogen) atoms. The van der Waals surface area contributed by atoms with Gasteiger partial charge in [0.2, 0.25) is 5.78 Å². The number of rotatable bonds is 1. The lowest BCUT2D eigenvalue weighted by atomic mass is 9.99. The van der Waals surface area contributed by atoms with Gasteiger partial charge in [-0.2, -0.15) is 0 Å². The Labute approximate surface area is 89.4 Å². The summed E-state index contributed by atoms with van der Waals surface area (Å²) >= 11 is 5.61. The van der Waals surface area contributed by atoms with Gasteiger partial charge in [0.25, 0.3) is 0 Å². The molecule has 1 aliphatic rings. The van der Waals surface area contributed by atoms with Crippen molar-refractivity contribution in [1.82, 2.24) is 4.98 Å². The van der Waals surface area contributed by atoms with Crippen LogP contribution in [0.4, 0.5) is 5.69 Å². The maximum Gasteiger partial charge on any atom is 0.320 e. The van der Waals surface area contributed by atoms with Crippen LogP contribution in [0, 0.1) is 5.92 Å². The maximum absolute atomic E-state index is 11.6. The van der Waals surface area contributed by atoms with E-state index in [4.69, 9.17) is 16.7 Å². The number of hydrogen-bond acceptors (Lipinski definition) is 4. The van der Waals surface area contributed by atoms with Crippen molar-refractivity contribution < 1.29 is 14.7 Å².